The van der Waals surface area contributed by atoms with Gasteiger partial charge >= 0.3 is 0 Å². The van der Waals surface area contributed by atoms with E-state index in [1.54, 1.807) is 0 Å². The molecule has 0 unspecified atom stereocenters. The Hall–Kier alpha value is -1.08. The summed E-state index contributed by atoms with van der Waals surface area (Å²) in [5, 5.41) is 3.48. The van der Waals surface area contributed by atoms with Gasteiger partial charge in [-0.15, -0.1) is 0 Å². The average molecular weight is 217 g/mol. The molecule has 0 aromatic heterocycles. The van der Waals surface area contributed by atoms with Gasteiger partial charge in [0.25, 0.3) is 0 Å². The first-order chi connectivity index (χ1) is 7.37. The fourth-order valence-electron chi connectivity index (χ4n) is 1.40. The monoisotopic (exact) mass is 217 g/mol. The second-order valence-electron chi connectivity index (χ2n) is 5.50. The van der Waals surface area contributed by atoms with E-state index in [4.69, 9.17) is 0 Å². The number of hydrogen-bond acceptors (Lipinski definition) is 1. The van der Waals surface area contributed by atoms with Crippen molar-refractivity contribution in [1.82, 2.24) is 5.32 Å². The molecule has 0 aliphatic heterocycles. The minimum absolute atomic E-state index is 0.183. The maximum Gasteiger partial charge on any atom is 0.0170 e. The largest absolute Gasteiger partial charge is 0.308 e. The Morgan fingerprint density at radius 3 is 2.25 bits per heavy atom. The Morgan fingerprint density at radius 1 is 1.19 bits per heavy atom. The van der Waals surface area contributed by atoms with E-state index >= 15 is 0 Å². The van der Waals surface area contributed by atoms with Crippen molar-refractivity contribution in [3.63, 3.8) is 0 Å². The summed E-state index contributed by atoms with van der Waals surface area (Å²) in [6, 6.07) is 8.62. The lowest BCUT2D eigenvalue weighted by atomic mass is 10.1. The normalized spacial score (nSPS) is 12.9. The van der Waals surface area contributed by atoms with Crippen LogP contribution in [0.4, 0.5) is 0 Å². The average Bonchev–Trinajstić information content (AvgIpc) is 2.18. The van der Waals surface area contributed by atoms with Crippen molar-refractivity contribution in [2.24, 2.45) is 0 Å². The van der Waals surface area contributed by atoms with E-state index in [-0.39, 0.29) is 5.54 Å². The standard InChI is InChI=1S/C15H23N/c1-12-6-8-14(9-7-12)10-13(2)11-16-15(3,4)5/h6-10,16H,11H2,1-5H3. The van der Waals surface area contributed by atoms with Gasteiger partial charge in [0.1, 0.15) is 0 Å². The highest BCUT2D eigenvalue weighted by Gasteiger charge is 2.07. The summed E-state index contributed by atoms with van der Waals surface area (Å²) >= 11 is 0. The lowest BCUT2D eigenvalue weighted by molar-refractivity contribution is 0.445. The summed E-state index contributed by atoms with van der Waals surface area (Å²) in [6.45, 7) is 11.8. The third-order valence-corrected chi connectivity index (χ3v) is 2.39. The molecular formula is C15H23N. The van der Waals surface area contributed by atoms with Crippen LogP contribution in [0.25, 0.3) is 6.08 Å². The Balaban J connectivity index is 2.59. The fraction of sp³-hybridized carbons (Fsp3) is 0.467. The number of rotatable bonds is 3. The molecule has 1 heteroatoms. The number of aryl methyl sites for hydroxylation is 1. The zero-order valence-corrected chi connectivity index (χ0v) is 11.1. The highest BCUT2D eigenvalue weighted by molar-refractivity contribution is 5.53. The van der Waals surface area contributed by atoms with Crippen LogP contribution in [-0.4, -0.2) is 12.1 Å². The molecule has 0 aliphatic rings. The minimum atomic E-state index is 0.183. The van der Waals surface area contributed by atoms with Crippen LogP contribution >= 0.6 is 0 Å². The number of benzene rings is 1. The van der Waals surface area contributed by atoms with Crippen LogP contribution in [0, 0.1) is 6.92 Å². The summed E-state index contributed by atoms with van der Waals surface area (Å²) in [5.41, 5.74) is 4.13. The predicted octanol–water partition coefficient (Wildman–Crippen LogP) is 3.79. The molecule has 1 aromatic rings. The molecule has 88 valence electrons. The molecule has 0 saturated carbocycles. The van der Waals surface area contributed by atoms with Crippen LogP contribution in [0.2, 0.25) is 0 Å². The zero-order chi connectivity index (χ0) is 12.2. The van der Waals surface area contributed by atoms with Crippen molar-refractivity contribution < 1.29 is 0 Å². The topological polar surface area (TPSA) is 12.0 Å². The van der Waals surface area contributed by atoms with Crippen LogP contribution in [-0.2, 0) is 0 Å². The van der Waals surface area contributed by atoms with Crippen molar-refractivity contribution >= 4 is 6.08 Å². The summed E-state index contributed by atoms with van der Waals surface area (Å²) in [4.78, 5) is 0. The molecule has 0 aliphatic carbocycles. The highest BCUT2D eigenvalue weighted by atomic mass is 14.9. The van der Waals surface area contributed by atoms with Crippen LogP contribution in [0.1, 0.15) is 38.8 Å². The molecule has 1 rings (SSSR count). The van der Waals surface area contributed by atoms with Crippen molar-refractivity contribution in [3.8, 4) is 0 Å². The summed E-state index contributed by atoms with van der Waals surface area (Å²) < 4.78 is 0. The molecule has 1 aromatic carbocycles. The Morgan fingerprint density at radius 2 is 1.75 bits per heavy atom. The van der Waals surface area contributed by atoms with E-state index in [1.807, 2.05) is 0 Å². The van der Waals surface area contributed by atoms with E-state index in [9.17, 15) is 0 Å². The van der Waals surface area contributed by atoms with Gasteiger partial charge in [-0.3, -0.25) is 0 Å². The van der Waals surface area contributed by atoms with Crippen molar-refractivity contribution in [3.05, 3.63) is 41.0 Å². The van der Waals surface area contributed by atoms with E-state index in [1.165, 1.54) is 16.7 Å². The highest BCUT2D eigenvalue weighted by Crippen LogP contribution is 2.09. The van der Waals surface area contributed by atoms with E-state index < -0.39 is 0 Å². The maximum absolute atomic E-state index is 3.48. The van der Waals surface area contributed by atoms with E-state index in [0.717, 1.165) is 6.54 Å². The third-order valence-electron chi connectivity index (χ3n) is 2.39. The van der Waals surface area contributed by atoms with Gasteiger partial charge in [-0.1, -0.05) is 41.5 Å². The third kappa shape index (κ3) is 5.13. The molecule has 0 saturated heterocycles. The zero-order valence-electron chi connectivity index (χ0n) is 11.1. The molecule has 0 atom stereocenters. The van der Waals surface area contributed by atoms with Gasteiger partial charge in [0.2, 0.25) is 0 Å². The second-order valence-corrected chi connectivity index (χ2v) is 5.50. The van der Waals surface area contributed by atoms with Crippen LogP contribution < -0.4 is 5.32 Å². The van der Waals surface area contributed by atoms with Crippen molar-refractivity contribution in [1.29, 1.82) is 0 Å². The maximum atomic E-state index is 3.48. The van der Waals surface area contributed by atoms with Gasteiger partial charge < -0.3 is 5.32 Å². The Labute approximate surface area is 99.6 Å². The van der Waals surface area contributed by atoms with Crippen LogP contribution in [0.15, 0.2) is 29.8 Å². The molecule has 0 fully saturated rings. The lowest BCUT2D eigenvalue weighted by Crippen LogP contribution is -2.36. The van der Waals surface area contributed by atoms with Gasteiger partial charge in [-0.25, -0.2) is 0 Å². The SMILES string of the molecule is CC(=Cc1ccc(C)cc1)CNC(C)(C)C. The molecular weight excluding hydrogens is 194 g/mol. The minimum Gasteiger partial charge on any atom is -0.308 e. The molecule has 0 bridgehead atoms. The number of nitrogens with one attached hydrogen (secondary N) is 1. The van der Waals surface area contributed by atoms with Crippen LogP contribution in [0.5, 0.6) is 0 Å². The summed E-state index contributed by atoms with van der Waals surface area (Å²) in [5.74, 6) is 0. The molecule has 1 N–H and O–H groups in total. The predicted molar refractivity (Wildman–Crippen MR) is 72.6 cm³/mol. The molecule has 16 heavy (non-hydrogen) atoms. The molecule has 0 spiro atoms. The van der Waals surface area contributed by atoms with Crippen molar-refractivity contribution in [2.45, 2.75) is 40.2 Å². The Kier molecular flexibility index (Phi) is 4.31. The Bertz CT molecular complexity index is 352. The van der Waals surface area contributed by atoms with Gasteiger partial charge in [0.15, 0.2) is 0 Å². The summed E-state index contributed by atoms with van der Waals surface area (Å²) in [6.07, 6.45) is 2.23. The molecule has 0 amide bonds. The van der Waals surface area contributed by atoms with Gasteiger partial charge in [-0.2, -0.15) is 0 Å². The van der Waals surface area contributed by atoms with Gasteiger partial charge in [0, 0.05) is 12.1 Å². The molecule has 0 heterocycles. The molecule has 0 radical (unpaired) electrons. The van der Waals surface area contributed by atoms with E-state index in [0.29, 0.717) is 0 Å². The summed E-state index contributed by atoms with van der Waals surface area (Å²) in [7, 11) is 0. The van der Waals surface area contributed by atoms with Gasteiger partial charge in [-0.05, 0) is 40.2 Å². The lowest BCUT2D eigenvalue weighted by Gasteiger charge is -2.20. The first kappa shape index (κ1) is 13.0. The quantitative estimate of drug-likeness (QED) is 0.812. The fourth-order valence-corrected chi connectivity index (χ4v) is 1.40. The first-order valence-corrected chi connectivity index (χ1v) is 5.86. The smallest absolute Gasteiger partial charge is 0.0170 e. The van der Waals surface area contributed by atoms with Crippen LogP contribution in [0.3, 0.4) is 0 Å². The van der Waals surface area contributed by atoms with Gasteiger partial charge in [0.05, 0.1) is 0 Å². The number of hydrogen-bond donors (Lipinski definition) is 1. The van der Waals surface area contributed by atoms with E-state index in [2.05, 4.69) is 70.3 Å². The first-order valence-electron chi connectivity index (χ1n) is 5.86. The van der Waals surface area contributed by atoms with Crippen molar-refractivity contribution in [2.75, 3.05) is 6.54 Å². The second kappa shape index (κ2) is 5.31. The molecule has 1 nitrogen and oxygen atoms in total.